The first-order chi connectivity index (χ1) is 4.49. The molecule has 1 fully saturated rings. The van der Waals surface area contributed by atoms with E-state index < -0.39 is 0 Å². The number of hydrogen-bond donors (Lipinski definition) is 1. The van der Waals surface area contributed by atoms with Crippen LogP contribution < -0.4 is 5.32 Å². The molecule has 0 unspecified atom stereocenters. The Morgan fingerprint density at radius 1 is 1.18 bits per heavy atom. The second-order valence-electron chi connectivity index (χ2n) is 3.49. The van der Waals surface area contributed by atoms with Gasteiger partial charge < -0.3 is 0 Å². The average molecular weight is 181 g/mol. The van der Waals surface area contributed by atoms with Crippen LogP contribution in [-0.2, 0) is 9.59 Å². The van der Waals surface area contributed by atoms with Gasteiger partial charge in [0.1, 0.15) is 0 Å². The summed E-state index contributed by atoms with van der Waals surface area (Å²) in [5, 5.41) is 2.26. The summed E-state index contributed by atoms with van der Waals surface area (Å²) >= 11 is 0. The van der Waals surface area contributed by atoms with E-state index in [9.17, 15) is 9.59 Å². The Hall–Kier alpha value is 0.776. The summed E-state index contributed by atoms with van der Waals surface area (Å²) in [4.78, 5) is 21.5. The maximum atomic E-state index is 10.8. The zero-order valence-corrected chi connectivity index (χ0v) is 6.23. The fraction of sp³-hybridized carbons (Fsp3) is 0.714. The van der Waals surface area contributed by atoms with E-state index in [4.69, 9.17) is 0 Å². The number of amides is 2. The molecule has 0 bridgehead atoms. The van der Waals surface area contributed by atoms with E-state index in [1.807, 2.05) is 13.8 Å². The molecular weight excluding hydrogens is 169 g/mol. The summed E-state index contributed by atoms with van der Waals surface area (Å²) in [6.07, 6.45) is 0.914. The Balaban J connectivity index is 0.000001000. The fourth-order valence-corrected chi connectivity index (χ4v) is 1.18. The third kappa shape index (κ3) is 3.80. The van der Waals surface area contributed by atoms with Gasteiger partial charge in [0.25, 0.3) is 0 Å². The van der Waals surface area contributed by atoms with Crippen molar-refractivity contribution in [3.8, 4) is 0 Å². The van der Waals surface area contributed by atoms with E-state index in [1.54, 1.807) is 0 Å². The summed E-state index contributed by atoms with van der Waals surface area (Å²) < 4.78 is 0. The van der Waals surface area contributed by atoms with Crippen molar-refractivity contribution in [1.29, 1.82) is 0 Å². The van der Waals surface area contributed by atoms with Gasteiger partial charge in [0.2, 0.25) is 11.8 Å². The molecule has 1 rings (SSSR count). The van der Waals surface area contributed by atoms with E-state index in [0.717, 1.165) is 0 Å². The molecule has 0 aromatic rings. The van der Waals surface area contributed by atoms with Gasteiger partial charge in [-0.15, -0.1) is 0 Å². The summed E-state index contributed by atoms with van der Waals surface area (Å²) in [6.45, 7) is 3.84. The standard InChI is InChI=1S/C7H11NO2.K.H/c1-7(2)3-5(9)8-6(10)4-7;;/h3-4H2,1-2H3,(H,8,9,10);;. The van der Waals surface area contributed by atoms with Gasteiger partial charge in [-0.05, 0) is 5.41 Å². The molecule has 1 heterocycles. The van der Waals surface area contributed by atoms with Crippen molar-refractivity contribution in [2.45, 2.75) is 26.7 Å². The molecule has 1 N–H and O–H groups in total. The Labute approximate surface area is 109 Å². The van der Waals surface area contributed by atoms with Gasteiger partial charge in [-0.25, -0.2) is 0 Å². The van der Waals surface area contributed by atoms with Gasteiger partial charge in [0.15, 0.2) is 0 Å². The zero-order chi connectivity index (χ0) is 7.78. The Morgan fingerprint density at radius 3 is 1.82 bits per heavy atom. The van der Waals surface area contributed by atoms with E-state index >= 15 is 0 Å². The third-order valence-corrected chi connectivity index (χ3v) is 1.56. The Morgan fingerprint density at radius 2 is 1.55 bits per heavy atom. The van der Waals surface area contributed by atoms with E-state index in [1.165, 1.54) is 0 Å². The number of imide groups is 1. The first kappa shape index (κ1) is 11.8. The monoisotopic (exact) mass is 181 g/mol. The molecule has 0 saturated carbocycles. The number of hydrogen-bond acceptors (Lipinski definition) is 2. The molecule has 0 atom stereocenters. The molecule has 0 radical (unpaired) electrons. The van der Waals surface area contributed by atoms with Crippen LogP contribution in [0.3, 0.4) is 0 Å². The molecule has 0 aliphatic carbocycles. The molecule has 1 aliphatic rings. The molecule has 2 amide bonds. The maximum absolute atomic E-state index is 10.8. The summed E-state index contributed by atoms with van der Waals surface area (Å²) in [5.74, 6) is -0.303. The molecule has 11 heavy (non-hydrogen) atoms. The molecular formula is C7H12KNO2. The van der Waals surface area contributed by atoms with E-state index in [0.29, 0.717) is 12.8 Å². The molecule has 0 aromatic carbocycles. The fourth-order valence-electron chi connectivity index (χ4n) is 1.18. The van der Waals surface area contributed by atoms with E-state index in [-0.39, 0.29) is 68.6 Å². The van der Waals surface area contributed by atoms with Gasteiger partial charge in [-0.3, -0.25) is 14.9 Å². The Kier molecular flexibility index (Phi) is 4.43. The molecule has 58 valence electrons. The quantitative estimate of drug-likeness (QED) is 0.415. The predicted octanol–water partition coefficient (Wildman–Crippen LogP) is -0.199. The van der Waals surface area contributed by atoms with Gasteiger partial charge >= 0.3 is 51.4 Å². The summed E-state index contributed by atoms with van der Waals surface area (Å²) in [6, 6.07) is 0. The van der Waals surface area contributed by atoms with Crippen LogP contribution in [0.1, 0.15) is 26.7 Å². The predicted molar refractivity (Wildman–Crippen MR) is 43.3 cm³/mol. The second-order valence-corrected chi connectivity index (χ2v) is 3.49. The first-order valence-electron chi connectivity index (χ1n) is 3.32. The van der Waals surface area contributed by atoms with Gasteiger partial charge in [-0.2, -0.15) is 0 Å². The molecule has 0 spiro atoms. The molecule has 3 nitrogen and oxygen atoms in total. The van der Waals surface area contributed by atoms with Crippen molar-refractivity contribution >= 4 is 63.2 Å². The average Bonchev–Trinajstić information content (AvgIpc) is 1.54. The number of rotatable bonds is 0. The number of piperidine rings is 1. The zero-order valence-electron chi connectivity index (χ0n) is 6.23. The van der Waals surface area contributed by atoms with Crippen LogP contribution >= 0.6 is 0 Å². The minimum atomic E-state index is -0.152. The van der Waals surface area contributed by atoms with E-state index in [2.05, 4.69) is 5.32 Å². The van der Waals surface area contributed by atoms with Gasteiger partial charge in [0.05, 0.1) is 0 Å². The molecule has 1 aliphatic heterocycles. The van der Waals surface area contributed by atoms with Crippen LogP contribution in [0.5, 0.6) is 0 Å². The van der Waals surface area contributed by atoms with Gasteiger partial charge in [0, 0.05) is 12.8 Å². The number of nitrogens with one attached hydrogen (secondary N) is 1. The minimum absolute atomic E-state index is 0. The van der Waals surface area contributed by atoms with Crippen molar-refractivity contribution < 1.29 is 9.59 Å². The topological polar surface area (TPSA) is 46.2 Å². The van der Waals surface area contributed by atoms with Crippen molar-refractivity contribution in [1.82, 2.24) is 5.32 Å². The summed E-state index contributed by atoms with van der Waals surface area (Å²) in [5.41, 5.74) is -0.139. The van der Waals surface area contributed by atoms with Crippen LogP contribution in [0.25, 0.3) is 0 Å². The second kappa shape index (κ2) is 4.14. The first-order valence-corrected chi connectivity index (χ1v) is 3.32. The van der Waals surface area contributed by atoms with Crippen LogP contribution in [0.2, 0.25) is 0 Å². The van der Waals surface area contributed by atoms with Crippen molar-refractivity contribution in [2.75, 3.05) is 0 Å². The van der Waals surface area contributed by atoms with Gasteiger partial charge in [-0.1, -0.05) is 13.8 Å². The number of carbonyl (C=O) groups excluding carboxylic acids is 2. The van der Waals surface area contributed by atoms with Crippen LogP contribution in [-0.4, -0.2) is 63.2 Å². The van der Waals surface area contributed by atoms with Crippen molar-refractivity contribution in [2.24, 2.45) is 5.41 Å². The van der Waals surface area contributed by atoms with Crippen LogP contribution in [0.4, 0.5) is 0 Å². The number of carbonyl (C=O) groups is 2. The SMILES string of the molecule is CC1(C)CC(=O)NC(=O)C1.[KH]. The van der Waals surface area contributed by atoms with Crippen molar-refractivity contribution in [3.63, 3.8) is 0 Å². The van der Waals surface area contributed by atoms with Crippen LogP contribution in [0.15, 0.2) is 0 Å². The molecule has 0 aromatic heterocycles. The van der Waals surface area contributed by atoms with Crippen LogP contribution in [0, 0.1) is 5.41 Å². The normalized spacial score (nSPS) is 22.0. The Bertz CT molecular complexity index is 171. The third-order valence-electron chi connectivity index (χ3n) is 1.56. The summed E-state index contributed by atoms with van der Waals surface area (Å²) in [7, 11) is 0. The molecule has 4 heteroatoms. The molecule has 1 saturated heterocycles. The van der Waals surface area contributed by atoms with Crippen molar-refractivity contribution in [3.05, 3.63) is 0 Å².